The molecule has 1 atom stereocenters. The van der Waals surface area contributed by atoms with Gasteiger partial charge < -0.3 is 9.61 Å². The Kier molecular flexibility index (Phi) is 5.02. The number of nitrogens with one attached hydrogen (secondary N) is 1. The molecule has 5 heteroatoms. The molecule has 3 nitrogen and oxygen atoms in total. The van der Waals surface area contributed by atoms with Crippen LogP contribution in [0.25, 0.3) is 0 Å². The third-order valence-corrected chi connectivity index (χ3v) is 4.68. The summed E-state index contributed by atoms with van der Waals surface area (Å²) in [5, 5.41) is 3.85. The third-order valence-electron chi connectivity index (χ3n) is 2.55. The minimum Gasteiger partial charge on any atom is -0.312 e. The highest BCUT2D eigenvalue weighted by molar-refractivity contribution is 7.68. The Morgan fingerprint density at radius 1 is 1.10 bits per heavy atom. The second-order valence-electron chi connectivity index (χ2n) is 4.16. The summed E-state index contributed by atoms with van der Waals surface area (Å²) >= 11 is 5.71. The van der Waals surface area contributed by atoms with E-state index in [2.05, 4.69) is 11.7 Å². The summed E-state index contributed by atoms with van der Waals surface area (Å²) in [6, 6.07) is 18.3. The second kappa shape index (κ2) is 6.76. The maximum Gasteiger partial charge on any atom is 0.324 e. The van der Waals surface area contributed by atoms with Crippen LogP contribution in [-0.4, -0.2) is 6.61 Å². The van der Waals surface area contributed by atoms with Crippen LogP contribution in [0.5, 0.6) is 0 Å². The summed E-state index contributed by atoms with van der Waals surface area (Å²) in [5.74, 6) is 0. The van der Waals surface area contributed by atoms with E-state index in [1.54, 1.807) is 12.1 Å². The maximum atomic E-state index is 13.1. The van der Waals surface area contributed by atoms with Crippen molar-refractivity contribution in [1.82, 2.24) is 0 Å². The van der Waals surface area contributed by atoms with Gasteiger partial charge in [0, 0.05) is 10.7 Å². The van der Waals surface area contributed by atoms with E-state index < -0.39 is 7.52 Å². The average molecular weight is 308 g/mol. The van der Waals surface area contributed by atoms with Crippen molar-refractivity contribution in [2.24, 2.45) is 0 Å². The van der Waals surface area contributed by atoms with Crippen LogP contribution >= 0.6 is 19.1 Å². The Morgan fingerprint density at radius 3 is 2.20 bits per heavy atom. The van der Waals surface area contributed by atoms with Crippen LogP contribution in [0.15, 0.2) is 72.3 Å². The molecule has 0 saturated carbocycles. The van der Waals surface area contributed by atoms with Crippen LogP contribution in [-0.2, 0) is 9.09 Å². The van der Waals surface area contributed by atoms with Crippen molar-refractivity contribution in [1.29, 1.82) is 0 Å². The van der Waals surface area contributed by atoms with E-state index in [9.17, 15) is 4.57 Å². The molecule has 0 aliphatic carbocycles. The lowest BCUT2D eigenvalue weighted by atomic mass is 10.3. The van der Waals surface area contributed by atoms with Crippen molar-refractivity contribution in [3.8, 4) is 0 Å². The van der Waals surface area contributed by atoms with Gasteiger partial charge in [-0.2, -0.15) is 0 Å². The van der Waals surface area contributed by atoms with E-state index in [0.29, 0.717) is 10.3 Å². The molecule has 0 amide bonds. The molecule has 104 valence electrons. The standard InChI is InChI=1S/C15H15ClNO2P/c1-13(16)12-19-20(18,15-10-6-3-7-11-15)17-14-8-4-2-5-9-14/h2-11H,1,12H2,(H,17,18)/t20-/m1/s1. The summed E-state index contributed by atoms with van der Waals surface area (Å²) in [6.45, 7) is 3.57. The monoisotopic (exact) mass is 307 g/mol. The summed E-state index contributed by atoms with van der Waals surface area (Å²) in [6.07, 6.45) is 0. The van der Waals surface area contributed by atoms with Crippen LogP contribution in [0.4, 0.5) is 5.69 Å². The number of rotatable bonds is 6. The molecule has 0 spiro atoms. The topological polar surface area (TPSA) is 38.3 Å². The van der Waals surface area contributed by atoms with Crippen LogP contribution in [0.1, 0.15) is 0 Å². The molecule has 1 N–H and O–H groups in total. The van der Waals surface area contributed by atoms with Crippen LogP contribution in [0.3, 0.4) is 0 Å². The zero-order valence-electron chi connectivity index (χ0n) is 10.8. The Hall–Kier alpha value is -1.54. The fraction of sp³-hybridized carbons (Fsp3) is 0.0667. The van der Waals surface area contributed by atoms with E-state index in [1.807, 2.05) is 48.5 Å². The number of hydrogen-bond donors (Lipinski definition) is 1. The summed E-state index contributed by atoms with van der Waals surface area (Å²) in [4.78, 5) is 0. The second-order valence-corrected chi connectivity index (χ2v) is 6.79. The van der Waals surface area contributed by atoms with E-state index in [0.717, 1.165) is 5.69 Å². The van der Waals surface area contributed by atoms with Gasteiger partial charge in [0.05, 0.1) is 11.9 Å². The first-order valence-electron chi connectivity index (χ1n) is 6.07. The van der Waals surface area contributed by atoms with Crippen molar-refractivity contribution in [2.45, 2.75) is 0 Å². The van der Waals surface area contributed by atoms with Crippen molar-refractivity contribution < 1.29 is 9.09 Å². The van der Waals surface area contributed by atoms with Crippen LogP contribution < -0.4 is 10.4 Å². The lowest BCUT2D eigenvalue weighted by Gasteiger charge is -2.20. The molecular formula is C15H15ClNO2P. The van der Waals surface area contributed by atoms with E-state index in [-0.39, 0.29) is 6.61 Å². The van der Waals surface area contributed by atoms with E-state index in [4.69, 9.17) is 16.1 Å². The van der Waals surface area contributed by atoms with Gasteiger partial charge in [-0.3, -0.25) is 4.57 Å². The highest BCUT2D eigenvalue weighted by atomic mass is 35.5. The van der Waals surface area contributed by atoms with Gasteiger partial charge in [-0.05, 0) is 24.3 Å². The molecule has 2 aromatic carbocycles. The lowest BCUT2D eigenvalue weighted by Crippen LogP contribution is -2.14. The van der Waals surface area contributed by atoms with Gasteiger partial charge in [0.2, 0.25) is 0 Å². The number of para-hydroxylation sites is 1. The van der Waals surface area contributed by atoms with Gasteiger partial charge in [0.1, 0.15) is 0 Å². The largest absolute Gasteiger partial charge is 0.324 e. The predicted octanol–water partition coefficient (Wildman–Crippen LogP) is 4.39. The fourth-order valence-corrected chi connectivity index (χ4v) is 3.50. The van der Waals surface area contributed by atoms with Gasteiger partial charge in [0.15, 0.2) is 0 Å². The Labute approximate surface area is 123 Å². The average Bonchev–Trinajstić information content (AvgIpc) is 2.47. The molecule has 0 heterocycles. The fourth-order valence-electron chi connectivity index (χ4n) is 1.64. The molecule has 0 saturated heterocycles. The molecular weight excluding hydrogens is 293 g/mol. The molecule has 0 radical (unpaired) electrons. The maximum absolute atomic E-state index is 13.1. The molecule has 0 aliphatic rings. The minimum atomic E-state index is -3.24. The quantitative estimate of drug-likeness (QED) is 0.805. The normalized spacial score (nSPS) is 13.4. The summed E-state index contributed by atoms with van der Waals surface area (Å²) in [5.41, 5.74) is 0.722. The first-order chi connectivity index (χ1) is 9.60. The summed E-state index contributed by atoms with van der Waals surface area (Å²) in [7, 11) is -3.24. The minimum absolute atomic E-state index is 0.0214. The smallest absolute Gasteiger partial charge is 0.312 e. The Morgan fingerprint density at radius 2 is 1.65 bits per heavy atom. The first-order valence-corrected chi connectivity index (χ1v) is 8.07. The highest BCUT2D eigenvalue weighted by Crippen LogP contribution is 2.45. The molecule has 20 heavy (non-hydrogen) atoms. The third kappa shape index (κ3) is 3.97. The summed E-state index contributed by atoms with van der Waals surface area (Å²) < 4.78 is 18.5. The highest BCUT2D eigenvalue weighted by Gasteiger charge is 2.26. The van der Waals surface area contributed by atoms with Gasteiger partial charge >= 0.3 is 7.52 Å². The van der Waals surface area contributed by atoms with Crippen LogP contribution in [0, 0.1) is 0 Å². The van der Waals surface area contributed by atoms with Gasteiger partial charge in [-0.15, -0.1) is 0 Å². The molecule has 0 aliphatic heterocycles. The van der Waals surface area contributed by atoms with E-state index in [1.165, 1.54) is 0 Å². The van der Waals surface area contributed by atoms with Crippen molar-refractivity contribution in [3.05, 3.63) is 72.3 Å². The number of halogens is 1. The van der Waals surface area contributed by atoms with Gasteiger partial charge in [-0.25, -0.2) is 0 Å². The Bertz CT molecular complexity index is 616. The van der Waals surface area contributed by atoms with Crippen molar-refractivity contribution in [3.63, 3.8) is 0 Å². The van der Waals surface area contributed by atoms with Gasteiger partial charge in [-0.1, -0.05) is 54.6 Å². The molecule has 2 aromatic rings. The zero-order chi connectivity index (χ0) is 14.4. The number of benzene rings is 2. The number of hydrogen-bond acceptors (Lipinski definition) is 2. The Balaban J connectivity index is 2.29. The molecule has 0 bridgehead atoms. The van der Waals surface area contributed by atoms with Gasteiger partial charge in [0.25, 0.3) is 0 Å². The molecule has 0 unspecified atom stereocenters. The number of anilines is 1. The predicted molar refractivity (Wildman–Crippen MR) is 84.7 cm³/mol. The van der Waals surface area contributed by atoms with E-state index >= 15 is 0 Å². The van der Waals surface area contributed by atoms with Crippen molar-refractivity contribution >= 4 is 30.1 Å². The SMILES string of the molecule is C=C(Cl)CO[P@@](=O)(Nc1ccccc1)c1ccccc1. The molecule has 0 fully saturated rings. The zero-order valence-corrected chi connectivity index (χ0v) is 12.5. The van der Waals surface area contributed by atoms with Crippen LogP contribution in [0.2, 0.25) is 0 Å². The molecule has 2 rings (SSSR count). The molecule has 0 aromatic heterocycles. The van der Waals surface area contributed by atoms with Crippen molar-refractivity contribution in [2.75, 3.05) is 11.7 Å². The first kappa shape index (κ1) is 14.9. The lowest BCUT2D eigenvalue weighted by molar-refractivity contribution is 0.361.